The van der Waals surface area contributed by atoms with Crippen LogP contribution in [0.25, 0.3) is 0 Å². The standard InChI is InChI=1S/C21H32O4/c1-4-25-17-11-20(2)12(9-15(17)22)5-6-13-14-7-8-18(24)21(14,3)10-16(23)19(13)20/h12-15,17,19,22H,4-11H2,1-3H3/t12-,13-,14-,15-,17-,19+,20-,21-/m0/s1. The van der Waals surface area contributed by atoms with Gasteiger partial charge in [0, 0.05) is 30.8 Å². The predicted molar refractivity (Wildman–Crippen MR) is 93.9 cm³/mol. The summed E-state index contributed by atoms with van der Waals surface area (Å²) in [6, 6.07) is 0. The largest absolute Gasteiger partial charge is 0.390 e. The average Bonchev–Trinajstić information content (AvgIpc) is 2.83. The zero-order chi connectivity index (χ0) is 18.0. The van der Waals surface area contributed by atoms with Crippen molar-refractivity contribution in [3.05, 3.63) is 0 Å². The number of Topliss-reactive ketones (excluding diaryl/α,β-unsaturated/α-hetero) is 2. The third-order valence-corrected chi connectivity index (χ3v) is 8.44. The van der Waals surface area contributed by atoms with Crippen molar-refractivity contribution in [2.45, 2.75) is 77.9 Å². The lowest BCUT2D eigenvalue weighted by Gasteiger charge is -2.59. The van der Waals surface area contributed by atoms with Gasteiger partial charge in [-0.15, -0.1) is 0 Å². The fourth-order valence-electron chi connectivity index (χ4n) is 7.24. The summed E-state index contributed by atoms with van der Waals surface area (Å²) in [7, 11) is 0. The molecule has 4 nitrogen and oxygen atoms in total. The molecule has 4 heteroatoms. The van der Waals surface area contributed by atoms with E-state index in [1.807, 2.05) is 13.8 Å². The van der Waals surface area contributed by atoms with Crippen LogP contribution in [0.3, 0.4) is 0 Å². The fraction of sp³-hybridized carbons (Fsp3) is 0.905. The lowest BCUT2D eigenvalue weighted by Crippen LogP contribution is -2.60. The molecule has 4 saturated carbocycles. The molecular weight excluding hydrogens is 316 g/mol. The zero-order valence-electron chi connectivity index (χ0n) is 15.8. The minimum Gasteiger partial charge on any atom is -0.390 e. The van der Waals surface area contributed by atoms with Gasteiger partial charge in [-0.05, 0) is 62.2 Å². The first kappa shape index (κ1) is 17.7. The molecule has 4 fully saturated rings. The summed E-state index contributed by atoms with van der Waals surface area (Å²) in [5, 5.41) is 10.5. The first-order chi connectivity index (χ1) is 11.8. The molecule has 0 unspecified atom stereocenters. The number of carbonyl (C=O) groups excluding carboxylic acids is 2. The molecular formula is C21H32O4. The number of ketones is 2. The third-order valence-electron chi connectivity index (χ3n) is 8.44. The summed E-state index contributed by atoms with van der Waals surface area (Å²) in [6.45, 7) is 6.87. The van der Waals surface area contributed by atoms with Gasteiger partial charge in [0.2, 0.25) is 0 Å². The van der Waals surface area contributed by atoms with E-state index in [4.69, 9.17) is 4.74 Å². The van der Waals surface area contributed by atoms with Gasteiger partial charge in [0.25, 0.3) is 0 Å². The minimum atomic E-state index is -0.411. The van der Waals surface area contributed by atoms with Crippen molar-refractivity contribution in [2.24, 2.45) is 34.5 Å². The number of aliphatic hydroxyl groups is 1. The van der Waals surface area contributed by atoms with E-state index < -0.39 is 11.5 Å². The van der Waals surface area contributed by atoms with Crippen molar-refractivity contribution in [1.82, 2.24) is 0 Å². The van der Waals surface area contributed by atoms with E-state index in [9.17, 15) is 14.7 Å². The quantitative estimate of drug-likeness (QED) is 0.833. The highest BCUT2D eigenvalue weighted by Gasteiger charge is 2.64. The van der Waals surface area contributed by atoms with E-state index in [-0.39, 0.29) is 17.4 Å². The lowest BCUT2D eigenvalue weighted by molar-refractivity contribution is -0.178. The third kappa shape index (κ3) is 2.39. The average molecular weight is 348 g/mol. The van der Waals surface area contributed by atoms with Gasteiger partial charge in [-0.2, -0.15) is 0 Å². The topological polar surface area (TPSA) is 63.6 Å². The van der Waals surface area contributed by atoms with E-state index in [2.05, 4.69) is 6.92 Å². The molecule has 0 aromatic carbocycles. The van der Waals surface area contributed by atoms with Crippen LogP contribution in [0.5, 0.6) is 0 Å². The molecule has 140 valence electrons. The second kappa shape index (κ2) is 5.88. The van der Waals surface area contributed by atoms with Crippen molar-refractivity contribution >= 4 is 11.6 Å². The lowest BCUT2D eigenvalue weighted by atomic mass is 9.44. The van der Waals surface area contributed by atoms with E-state index in [0.717, 1.165) is 32.1 Å². The van der Waals surface area contributed by atoms with Crippen LogP contribution in [0.1, 0.15) is 65.7 Å². The highest BCUT2D eigenvalue weighted by Crippen LogP contribution is 2.64. The van der Waals surface area contributed by atoms with Crippen molar-refractivity contribution in [3.63, 3.8) is 0 Å². The number of fused-ring (bicyclic) bond motifs is 5. The number of carbonyl (C=O) groups is 2. The summed E-state index contributed by atoms with van der Waals surface area (Å²) in [5.41, 5.74) is -0.499. The van der Waals surface area contributed by atoms with Gasteiger partial charge in [0.05, 0.1) is 12.2 Å². The number of hydrogen-bond acceptors (Lipinski definition) is 4. The van der Waals surface area contributed by atoms with Gasteiger partial charge < -0.3 is 9.84 Å². The van der Waals surface area contributed by atoms with Gasteiger partial charge in [-0.25, -0.2) is 0 Å². The second-order valence-electron chi connectivity index (χ2n) is 9.55. The summed E-state index contributed by atoms with van der Waals surface area (Å²) in [5.74, 6) is 1.77. The number of rotatable bonds is 2. The van der Waals surface area contributed by atoms with Crippen molar-refractivity contribution in [1.29, 1.82) is 0 Å². The number of aliphatic hydroxyl groups excluding tert-OH is 1. The van der Waals surface area contributed by atoms with Crippen molar-refractivity contribution in [2.75, 3.05) is 6.61 Å². The maximum absolute atomic E-state index is 13.3. The molecule has 0 amide bonds. The van der Waals surface area contributed by atoms with Gasteiger partial charge in [-0.1, -0.05) is 13.8 Å². The van der Waals surface area contributed by atoms with Crippen LogP contribution in [-0.2, 0) is 14.3 Å². The monoisotopic (exact) mass is 348 g/mol. The van der Waals surface area contributed by atoms with E-state index >= 15 is 0 Å². The Hall–Kier alpha value is -0.740. The molecule has 25 heavy (non-hydrogen) atoms. The molecule has 4 aliphatic rings. The maximum Gasteiger partial charge on any atom is 0.139 e. The highest BCUT2D eigenvalue weighted by molar-refractivity contribution is 5.95. The Kier molecular flexibility index (Phi) is 4.16. The first-order valence-corrected chi connectivity index (χ1v) is 10.2. The Balaban J connectivity index is 1.67. The Morgan fingerprint density at radius 3 is 2.68 bits per heavy atom. The summed E-state index contributed by atoms with van der Waals surface area (Å²) in [6.07, 6.45) is 5.11. The molecule has 0 heterocycles. The summed E-state index contributed by atoms with van der Waals surface area (Å²) >= 11 is 0. The molecule has 4 aliphatic carbocycles. The second-order valence-corrected chi connectivity index (χ2v) is 9.55. The molecule has 0 spiro atoms. The predicted octanol–water partition coefficient (Wildman–Crippen LogP) is 3.15. The van der Waals surface area contributed by atoms with Crippen LogP contribution in [0.4, 0.5) is 0 Å². The normalized spacial score (nSPS) is 52.5. The molecule has 8 atom stereocenters. The van der Waals surface area contributed by atoms with Crippen LogP contribution in [-0.4, -0.2) is 35.5 Å². The Morgan fingerprint density at radius 1 is 1.20 bits per heavy atom. The van der Waals surface area contributed by atoms with E-state index in [1.165, 1.54) is 0 Å². The highest BCUT2D eigenvalue weighted by atomic mass is 16.5. The van der Waals surface area contributed by atoms with Crippen LogP contribution in [0.2, 0.25) is 0 Å². The molecule has 0 radical (unpaired) electrons. The van der Waals surface area contributed by atoms with E-state index in [0.29, 0.717) is 48.8 Å². The molecule has 0 aliphatic heterocycles. The Morgan fingerprint density at radius 2 is 1.96 bits per heavy atom. The smallest absolute Gasteiger partial charge is 0.139 e. The van der Waals surface area contributed by atoms with Crippen LogP contribution < -0.4 is 0 Å². The van der Waals surface area contributed by atoms with Gasteiger partial charge >= 0.3 is 0 Å². The first-order valence-electron chi connectivity index (χ1n) is 10.2. The molecule has 4 rings (SSSR count). The van der Waals surface area contributed by atoms with Crippen LogP contribution in [0, 0.1) is 34.5 Å². The molecule has 0 saturated heterocycles. The molecule has 0 aromatic rings. The van der Waals surface area contributed by atoms with Crippen molar-refractivity contribution < 1.29 is 19.4 Å². The maximum atomic E-state index is 13.3. The number of hydrogen-bond donors (Lipinski definition) is 1. The van der Waals surface area contributed by atoms with Crippen molar-refractivity contribution in [3.8, 4) is 0 Å². The summed E-state index contributed by atoms with van der Waals surface area (Å²) in [4.78, 5) is 25.8. The number of ether oxygens (including phenoxy) is 1. The fourth-order valence-corrected chi connectivity index (χ4v) is 7.24. The Bertz CT molecular complexity index is 586. The van der Waals surface area contributed by atoms with Gasteiger partial charge in [0.15, 0.2) is 0 Å². The zero-order valence-corrected chi connectivity index (χ0v) is 15.8. The Labute approximate surface area is 150 Å². The summed E-state index contributed by atoms with van der Waals surface area (Å²) < 4.78 is 5.83. The van der Waals surface area contributed by atoms with Crippen LogP contribution in [0.15, 0.2) is 0 Å². The van der Waals surface area contributed by atoms with Gasteiger partial charge in [-0.3, -0.25) is 9.59 Å². The molecule has 0 bridgehead atoms. The SMILES string of the molecule is CCO[C@H]1C[C@@]2(C)[C@@H](CC[C@@H]3[C@@H]2C(=O)C[C@]2(C)C(=O)CC[C@@H]32)C[C@@H]1O. The van der Waals surface area contributed by atoms with E-state index in [1.54, 1.807) is 0 Å². The minimum absolute atomic E-state index is 0.0469. The molecule has 0 aromatic heterocycles. The molecule has 1 N–H and O–H groups in total. The van der Waals surface area contributed by atoms with Crippen LogP contribution >= 0.6 is 0 Å². The van der Waals surface area contributed by atoms with Gasteiger partial charge in [0.1, 0.15) is 11.6 Å².